The summed E-state index contributed by atoms with van der Waals surface area (Å²) in [6, 6.07) is 0. The summed E-state index contributed by atoms with van der Waals surface area (Å²) in [6.07, 6.45) is 3.09. The number of nitrogens with zero attached hydrogens (tertiary/aromatic N) is 2. The predicted octanol–water partition coefficient (Wildman–Crippen LogP) is 0.476. The van der Waals surface area contributed by atoms with Gasteiger partial charge in [-0.3, -0.25) is 14.8 Å². The maximum atomic E-state index is 10.8. The lowest BCUT2D eigenvalue weighted by Crippen LogP contribution is -2.36. The van der Waals surface area contributed by atoms with E-state index in [0.29, 0.717) is 5.69 Å². The molecule has 5 heteroatoms. The van der Waals surface area contributed by atoms with Crippen LogP contribution in [-0.2, 0) is 10.2 Å². The van der Waals surface area contributed by atoms with E-state index in [2.05, 4.69) is 9.97 Å². The van der Waals surface area contributed by atoms with E-state index < -0.39 is 11.4 Å². The Bertz CT molecular complexity index is 367. The number of nitrogens with two attached hydrogens (primary N) is 1. The molecular formula is C10H15N3O2. The molecule has 0 aromatic carbocycles. The van der Waals surface area contributed by atoms with Crippen LogP contribution in [0, 0.1) is 6.92 Å². The second kappa shape index (κ2) is 4.35. The number of carboxylic acids is 1. The van der Waals surface area contributed by atoms with Crippen LogP contribution in [0.15, 0.2) is 12.4 Å². The Labute approximate surface area is 88.4 Å². The topological polar surface area (TPSA) is 89.1 Å². The van der Waals surface area contributed by atoms with Crippen LogP contribution in [0.3, 0.4) is 0 Å². The number of hydrogen-bond acceptors (Lipinski definition) is 4. The lowest BCUT2D eigenvalue weighted by molar-refractivity contribution is -0.138. The standard InChI is InChI=1S/C10H15N3O2/c1-7-9(13-4-3-12-7)10(2,6-11)5-8(14)15/h3-4H,5-6,11H2,1-2H3,(H,14,15). The fourth-order valence-corrected chi connectivity index (χ4v) is 1.59. The van der Waals surface area contributed by atoms with Crippen LogP contribution in [0.4, 0.5) is 0 Å². The number of rotatable bonds is 4. The van der Waals surface area contributed by atoms with E-state index in [0.717, 1.165) is 5.69 Å². The zero-order valence-electron chi connectivity index (χ0n) is 8.90. The highest BCUT2D eigenvalue weighted by Gasteiger charge is 2.31. The molecule has 1 aromatic heterocycles. The van der Waals surface area contributed by atoms with Gasteiger partial charge in [-0.05, 0) is 6.92 Å². The molecule has 0 aliphatic carbocycles. The maximum Gasteiger partial charge on any atom is 0.304 e. The van der Waals surface area contributed by atoms with Crippen molar-refractivity contribution in [2.45, 2.75) is 25.7 Å². The molecule has 0 spiro atoms. The summed E-state index contributed by atoms with van der Waals surface area (Å²) in [6.45, 7) is 3.83. The highest BCUT2D eigenvalue weighted by molar-refractivity contribution is 5.69. The lowest BCUT2D eigenvalue weighted by Gasteiger charge is -2.26. The van der Waals surface area contributed by atoms with Crippen molar-refractivity contribution in [3.05, 3.63) is 23.8 Å². The second-order valence-electron chi connectivity index (χ2n) is 3.83. The van der Waals surface area contributed by atoms with Crippen molar-refractivity contribution in [2.75, 3.05) is 6.54 Å². The van der Waals surface area contributed by atoms with Crippen LogP contribution in [0.25, 0.3) is 0 Å². The molecule has 82 valence electrons. The quantitative estimate of drug-likeness (QED) is 0.752. The van der Waals surface area contributed by atoms with E-state index in [4.69, 9.17) is 10.8 Å². The number of aryl methyl sites for hydroxylation is 1. The third kappa shape index (κ3) is 2.50. The molecule has 0 bridgehead atoms. The van der Waals surface area contributed by atoms with Crippen molar-refractivity contribution in [1.82, 2.24) is 9.97 Å². The Morgan fingerprint density at radius 2 is 2.13 bits per heavy atom. The molecule has 0 fully saturated rings. The summed E-state index contributed by atoms with van der Waals surface area (Å²) in [5.41, 5.74) is 6.37. The minimum atomic E-state index is -0.881. The summed E-state index contributed by atoms with van der Waals surface area (Å²) < 4.78 is 0. The first kappa shape index (κ1) is 11.6. The first-order chi connectivity index (χ1) is 6.99. The van der Waals surface area contributed by atoms with Gasteiger partial charge in [-0.25, -0.2) is 0 Å². The van der Waals surface area contributed by atoms with Gasteiger partial charge in [0.1, 0.15) is 0 Å². The summed E-state index contributed by atoms with van der Waals surface area (Å²) in [5.74, 6) is -0.881. The van der Waals surface area contributed by atoms with Gasteiger partial charge in [-0.1, -0.05) is 6.92 Å². The predicted molar refractivity (Wildman–Crippen MR) is 55.4 cm³/mol. The van der Waals surface area contributed by atoms with Crippen molar-refractivity contribution in [3.63, 3.8) is 0 Å². The molecule has 0 amide bonds. The summed E-state index contributed by atoms with van der Waals surface area (Å²) in [4.78, 5) is 19.0. The average Bonchev–Trinajstić information content (AvgIpc) is 2.17. The van der Waals surface area contributed by atoms with E-state index in [1.807, 2.05) is 0 Å². The maximum absolute atomic E-state index is 10.8. The highest BCUT2D eigenvalue weighted by Crippen LogP contribution is 2.26. The largest absolute Gasteiger partial charge is 0.481 e. The molecule has 5 nitrogen and oxygen atoms in total. The lowest BCUT2D eigenvalue weighted by atomic mass is 9.82. The van der Waals surface area contributed by atoms with Gasteiger partial charge < -0.3 is 10.8 Å². The van der Waals surface area contributed by atoms with Gasteiger partial charge in [-0.15, -0.1) is 0 Å². The van der Waals surface area contributed by atoms with E-state index in [1.54, 1.807) is 26.2 Å². The zero-order chi connectivity index (χ0) is 11.5. The average molecular weight is 209 g/mol. The Morgan fingerprint density at radius 1 is 1.53 bits per heavy atom. The Hall–Kier alpha value is -1.49. The second-order valence-corrected chi connectivity index (χ2v) is 3.83. The fraction of sp³-hybridized carbons (Fsp3) is 0.500. The van der Waals surface area contributed by atoms with Crippen LogP contribution in [0.1, 0.15) is 24.7 Å². The summed E-state index contributed by atoms with van der Waals surface area (Å²) in [5, 5.41) is 8.83. The molecule has 1 rings (SSSR count). The Kier molecular flexibility index (Phi) is 3.36. The van der Waals surface area contributed by atoms with Crippen LogP contribution in [-0.4, -0.2) is 27.6 Å². The highest BCUT2D eigenvalue weighted by atomic mass is 16.4. The third-order valence-electron chi connectivity index (χ3n) is 2.44. The van der Waals surface area contributed by atoms with Crippen LogP contribution in [0.5, 0.6) is 0 Å². The molecule has 1 atom stereocenters. The van der Waals surface area contributed by atoms with Gasteiger partial charge in [0.25, 0.3) is 0 Å². The number of carboxylic acid groups (broad SMARTS) is 1. The first-order valence-corrected chi connectivity index (χ1v) is 4.69. The molecule has 1 heterocycles. The molecule has 0 saturated heterocycles. The molecule has 1 unspecified atom stereocenters. The van der Waals surface area contributed by atoms with Crippen molar-refractivity contribution >= 4 is 5.97 Å². The Balaban J connectivity index is 3.11. The zero-order valence-corrected chi connectivity index (χ0v) is 8.90. The minimum Gasteiger partial charge on any atom is -0.481 e. The molecule has 3 N–H and O–H groups in total. The molecular weight excluding hydrogens is 194 g/mol. The number of hydrogen-bond donors (Lipinski definition) is 2. The van der Waals surface area contributed by atoms with Crippen LogP contribution >= 0.6 is 0 Å². The summed E-state index contributed by atoms with van der Waals surface area (Å²) in [7, 11) is 0. The van der Waals surface area contributed by atoms with E-state index in [1.165, 1.54) is 0 Å². The van der Waals surface area contributed by atoms with Gasteiger partial charge in [0.05, 0.1) is 17.8 Å². The molecule has 0 radical (unpaired) electrons. The van der Waals surface area contributed by atoms with Gasteiger partial charge in [0, 0.05) is 24.4 Å². The van der Waals surface area contributed by atoms with Gasteiger partial charge >= 0.3 is 5.97 Å². The molecule has 15 heavy (non-hydrogen) atoms. The number of aliphatic carboxylic acids is 1. The van der Waals surface area contributed by atoms with Gasteiger partial charge in [0.15, 0.2) is 0 Å². The number of aromatic nitrogens is 2. The van der Waals surface area contributed by atoms with Crippen molar-refractivity contribution in [1.29, 1.82) is 0 Å². The summed E-state index contributed by atoms with van der Waals surface area (Å²) >= 11 is 0. The monoisotopic (exact) mass is 209 g/mol. The SMILES string of the molecule is Cc1nccnc1C(C)(CN)CC(=O)O. The molecule has 0 aliphatic heterocycles. The van der Waals surface area contributed by atoms with Gasteiger partial charge in [-0.2, -0.15) is 0 Å². The molecule has 1 aromatic rings. The van der Waals surface area contributed by atoms with E-state index >= 15 is 0 Å². The minimum absolute atomic E-state index is 0.0387. The van der Waals surface area contributed by atoms with Crippen molar-refractivity contribution in [2.24, 2.45) is 5.73 Å². The van der Waals surface area contributed by atoms with Gasteiger partial charge in [0.2, 0.25) is 0 Å². The molecule has 0 saturated carbocycles. The first-order valence-electron chi connectivity index (χ1n) is 4.69. The fourth-order valence-electron chi connectivity index (χ4n) is 1.59. The van der Waals surface area contributed by atoms with Crippen molar-refractivity contribution < 1.29 is 9.90 Å². The smallest absolute Gasteiger partial charge is 0.304 e. The van der Waals surface area contributed by atoms with E-state index in [9.17, 15) is 4.79 Å². The normalized spacial score (nSPS) is 14.6. The third-order valence-corrected chi connectivity index (χ3v) is 2.44. The molecule has 0 aliphatic rings. The van der Waals surface area contributed by atoms with Crippen LogP contribution in [0.2, 0.25) is 0 Å². The van der Waals surface area contributed by atoms with Crippen molar-refractivity contribution in [3.8, 4) is 0 Å². The van der Waals surface area contributed by atoms with E-state index in [-0.39, 0.29) is 13.0 Å². The number of carbonyl (C=O) groups is 1. The van der Waals surface area contributed by atoms with Crippen LogP contribution < -0.4 is 5.73 Å². The Morgan fingerprint density at radius 3 is 2.60 bits per heavy atom.